The van der Waals surface area contributed by atoms with E-state index in [9.17, 15) is 13.2 Å². The molecule has 5 rings (SSSR count). The Bertz CT molecular complexity index is 1480. The molecule has 44 heavy (non-hydrogen) atoms. The molecule has 2 aliphatic heterocycles. The maximum absolute atomic E-state index is 13.0. The highest BCUT2D eigenvalue weighted by Crippen LogP contribution is 2.35. The summed E-state index contributed by atoms with van der Waals surface area (Å²) in [5.74, 6) is 6.42. The Morgan fingerprint density at radius 2 is 1.82 bits per heavy atom. The van der Waals surface area contributed by atoms with Gasteiger partial charge in [0.05, 0.1) is 29.9 Å². The second-order valence-electron chi connectivity index (χ2n) is 12.5. The molecular weight excluding hydrogens is 578 g/mol. The van der Waals surface area contributed by atoms with Gasteiger partial charge < -0.3 is 23.8 Å². The SMILES string of the molecule is Cc1cc(C#CCCOCCCCCCN2C[C@@H](c3ccc4c(c3)COC(C)(C)O4)OC2=O)cc(S(=O)(=O)C2CCCC2)c1. The fourth-order valence-corrected chi connectivity index (χ4v) is 8.03. The standard InChI is InChI=1S/C35H45NO7S/c1-26-20-27(22-31(21-26)44(38,39)30-13-6-7-14-30)12-8-11-19-40-18-10-5-4-9-17-36-24-33(42-34(36)37)28-15-16-32-29(23-28)25-41-35(2,3)43-32/h15-16,20-23,30,33H,4-7,9-11,13-14,17-19,24-25H2,1-3H3/t33-/m0/s1. The Morgan fingerprint density at radius 1 is 1.02 bits per heavy atom. The molecule has 2 aromatic rings. The smallest absolute Gasteiger partial charge is 0.410 e. The molecule has 2 aromatic carbocycles. The van der Waals surface area contributed by atoms with Gasteiger partial charge in [-0.3, -0.25) is 0 Å². The highest BCUT2D eigenvalue weighted by atomic mass is 32.2. The lowest BCUT2D eigenvalue weighted by Crippen LogP contribution is -2.35. The van der Waals surface area contributed by atoms with E-state index in [-0.39, 0.29) is 17.4 Å². The molecule has 8 nitrogen and oxygen atoms in total. The molecular formula is C35H45NO7S. The molecule has 3 aliphatic rings. The number of cyclic esters (lactones) is 1. The van der Waals surface area contributed by atoms with Gasteiger partial charge in [0, 0.05) is 44.5 Å². The molecule has 1 saturated carbocycles. The van der Waals surface area contributed by atoms with E-state index in [1.54, 1.807) is 17.0 Å². The molecule has 1 aliphatic carbocycles. The molecule has 238 valence electrons. The van der Waals surface area contributed by atoms with E-state index in [0.717, 1.165) is 79.4 Å². The molecule has 0 spiro atoms. The number of ether oxygens (including phenoxy) is 4. The average molecular weight is 624 g/mol. The highest BCUT2D eigenvalue weighted by molar-refractivity contribution is 7.92. The van der Waals surface area contributed by atoms with E-state index in [0.29, 0.717) is 44.2 Å². The number of benzene rings is 2. The van der Waals surface area contributed by atoms with Gasteiger partial charge >= 0.3 is 6.09 Å². The second kappa shape index (κ2) is 14.4. The third-order valence-corrected chi connectivity index (χ3v) is 10.7. The van der Waals surface area contributed by atoms with Crippen molar-refractivity contribution in [2.75, 3.05) is 26.3 Å². The van der Waals surface area contributed by atoms with Gasteiger partial charge in [0.1, 0.15) is 11.9 Å². The maximum atomic E-state index is 13.0. The van der Waals surface area contributed by atoms with Crippen molar-refractivity contribution in [1.29, 1.82) is 0 Å². The molecule has 0 bridgehead atoms. The molecule has 2 fully saturated rings. The van der Waals surface area contributed by atoms with Crippen LogP contribution in [0.3, 0.4) is 0 Å². The number of carbonyl (C=O) groups excluding carboxylic acids is 1. The predicted octanol–water partition coefficient (Wildman–Crippen LogP) is 6.87. The fourth-order valence-electron chi connectivity index (χ4n) is 6.05. The van der Waals surface area contributed by atoms with Crippen LogP contribution in [-0.4, -0.2) is 56.8 Å². The van der Waals surface area contributed by atoms with E-state index >= 15 is 0 Å². The number of carbonyl (C=O) groups is 1. The lowest BCUT2D eigenvalue weighted by atomic mass is 10.0. The van der Waals surface area contributed by atoms with Gasteiger partial charge in [-0.25, -0.2) is 13.2 Å². The molecule has 0 N–H and O–H groups in total. The molecule has 1 saturated heterocycles. The quantitative estimate of drug-likeness (QED) is 0.188. The Balaban J connectivity index is 0.950. The maximum Gasteiger partial charge on any atom is 0.410 e. The fraction of sp³-hybridized carbons (Fsp3) is 0.571. The van der Waals surface area contributed by atoms with Crippen LogP contribution in [0.4, 0.5) is 4.79 Å². The molecule has 1 atom stereocenters. The number of hydrogen-bond acceptors (Lipinski definition) is 7. The summed E-state index contributed by atoms with van der Waals surface area (Å²) in [4.78, 5) is 14.6. The van der Waals surface area contributed by atoms with Gasteiger partial charge in [0.25, 0.3) is 0 Å². The molecule has 1 amide bonds. The summed E-state index contributed by atoms with van der Waals surface area (Å²) in [6.07, 6.45) is 7.46. The first-order valence-corrected chi connectivity index (χ1v) is 17.5. The minimum absolute atomic E-state index is 0.256. The Labute approximate surface area is 262 Å². The van der Waals surface area contributed by atoms with Gasteiger partial charge in [0.2, 0.25) is 5.79 Å². The zero-order valence-electron chi connectivity index (χ0n) is 26.2. The monoisotopic (exact) mass is 623 g/mol. The summed E-state index contributed by atoms with van der Waals surface area (Å²) < 4.78 is 49.0. The van der Waals surface area contributed by atoms with Gasteiger partial charge in [0.15, 0.2) is 9.84 Å². The number of rotatable bonds is 12. The number of aryl methyl sites for hydroxylation is 1. The zero-order chi connectivity index (χ0) is 31.2. The van der Waals surface area contributed by atoms with Crippen molar-refractivity contribution in [2.24, 2.45) is 0 Å². The van der Waals surface area contributed by atoms with Crippen LogP contribution >= 0.6 is 0 Å². The lowest BCUT2D eigenvalue weighted by molar-refractivity contribution is -0.180. The first-order valence-electron chi connectivity index (χ1n) is 15.9. The van der Waals surface area contributed by atoms with Crippen molar-refractivity contribution < 1.29 is 32.2 Å². The molecule has 0 aromatic heterocycles. The van der Waals surface area contributed by atoms with Crippen molar-refractivity contribution in [3.63, 3.8) is 0 Å². The van der Waals surface area contributed by atoms with Crippen LogP contribution in [0.15, 0.2) is 41.3 Å². The van der Waals surface area contributed by atoms with Gasteiger partial charge in [-0.15, -0.1) is 0 Å². The topological polar surface area (TPSA) is 91.4 Å². The van der Waals surface area contributed by atoms with Crippen molar-refractivity contribution in [3.8, 4) is 17.6 Å². The van der Waals surface area contributed by atoms with E-state index in [1.807, 2.05) is 45.0 Å². The summed E-state index contributed by atoms with van der Waals surface area (Å²) in [7, 11) is -3.29. The van der Waals surface area contributed by atoms with Crippen molar-refractivity contribution in [3.05, 3.63) is 58.7 Å². The largest absolute Gasteiger partial charge is 0.463 e. The molecule has 2 heterocycles. The number of unbranched alkanes of at least 4 members (excludes halogenated alkanes) is 3. The summed E-state index contributed by atoms with van der Waals surface area (Å²) in [6, 6.07) is 11.3. The van der Waals surface area contributed by atoms with Crippen molar-refractivity contribution in [2.45, 2.75) is 107 Å². The molecule has 0 unspecified atom stereocenters. The number of amides is 1. The van der Waals surface area contributed by atoms with Gasteiger partial charge in [-0.2, -0.15) is 0 Å². The van der Waals surface area contributed by atoms with Gasteiger partial charge in [-0.05, 0) is 74.1 Å². The van der Waals surface area contributed by atoms with Crippen molar-refractivity contribution in [1.82, 2.24) is 4.90 Å². The Morgan fingerprint density at radius 3 is 2.64 bits per heavy atom. The average Bonchev–Trinajstić information content (AvgIpc) is 3.66. The third kappa shape index (κ3) is 8.35. The van der Waals surface area contributed by atoms with Crippen LogP contribution in [0.2, 0.25) is 0 Å². The zero-order valence-corrected chi connectivity index (χ0v) is 27.0. The first-order chi connectivity index (χ1) is 21.1. The minimum atomic E-state index is -3.29. The highest BCUT2D eigenvalue weighted by Gasteiger charge is 2.34. The number of sulfone groups is 1. The van der Waals surface area contributed by atoms with Crippen LogP contribution in [0.25, 0.3) is 0 Å². The third-order valence-electron chi connectivity index (χ3n) is 8.47. The summed E-state index contributed by atoms with van der Waals surface area (Å²) in [5.41, 5.74) is 3.59. The van der Waals surface area contributed by atoms with Crippen LogP contribution in [0.1, 0.15) is 100.0 Å². The summed E-state index contributed by atoms with van der Waals surface area (Å²) in [5, 5.41) is -0.256. The number of fused-ring (bicyclic) bond motifs is 1. The summed E-state index contributed by atoms with van der Waals surface area (Å²) in [6.45, 7) is 8.62. The van der Waals surface area contributed by atoms with Crippen LogP contribution < -0.4 is 4.74 Å². The van der Waals surface area contributed by atoms with Crippen LogP contribution in [0, 0.1) is 18.8 Å². The predicted molar refractivity (Wildman–Crippen MR) is 168 cm³/mol. The van der Waals surface area contributed by atoms with Crippen LogP contribution in [0.5, 0.6) is 5.75 Å². The van der Waals surface area contributed by atoms with Gasteiger partial charge in [-0.1, -0.05) is 43.6 Å². The Hall–Kier alpha value is -3.06. The van der Waals surface area contributed by atoms with Crippen molar-refractivity contribution >= 4 is 15.9 Å². The van der Waals surface area contributed by atoms with Crippen LogP contribution in [-0.2, 0) is 30.7 Å². The molecule has 9 heteroatoms. The lowest BCUT2D eigenvalue weighted by Gasteiger charge is -2.32. The number of nitrogens with zero attached hydrogens (tertiary/aromatic N) is 1. The second-order valence-corrected chi connectivity index (χ2v) is 14.8. The van der Waals surface area contributed by atoms with E-state index in [2.05, 4.69) is 11.8 Å². The van der Waals surface area contributed by atoms with E-state index in [1.165, 1.54) is 0 Å². The van der Waals surface area contributed by atoms with E-state index in [4.69, 9.17) is 18.9 Å². The number of hydrogen-bond donors (Lipinski definition) is 0. The summed E-state index contributed by atoms with van der Waals surface area (Å²) >= 11 is 0. The minimum Gasteiger partial charge on any atom is -0.463 e. The normalized spacial score (nSPS) is 19.7. The van der Waals surface area contributed by atoms with E-state index < -0.39 is 15.6 Å². The first kappa shape index (κ1) is 32.3. The Kier molecular flexibility index (Phi) is 10.6. The molecule has 0 radical (unpaired) electrons.